The van der Waals surface area contributed by atoms with E-state index in [1.165, 1.54) is 5.39 Å². The third-order valence-electron chi connectivity index (χ3n) is 6.00. The fourth-order valence-electron chi connectivity index (χ4n) is 4.15. The Balaban J connectivity index is 1.30. The molecule has 1 atom stereocenters. The predicted octanol–water partition coefficient (Wildman–Crippen LogP) is 3.40. The van der Waals surface area contributed by atoms with Gasteiger partial charge in [0.1, 0.15) is 5.76 Å². The number of amides is 2. The van der Waals surface area contributed by atoms with Crippen LogP contribution in [-0.4, -0.2) is 39.4 Å². The van der Waals surface area contributed by atoms with Crippen molar-refractivity contribution in [1.29, 1.82) is 0 Å². The Hall–Kier alpha value is -3.09. The van der Waals surface area contributed by atoms with Crippen molar-refractivity contribution in [2.45, 2.75) is 58.5 Å². The number of carbonyl (C=O) groups excluding carboxylic acids is 2. The third-order valence-corrected chi connectivity index (χ3v) is 6.00. The molecule has 7 heteroatoms. The van der Waals surface area contributed by atoms with Crippen LogP contribution in [0.5, 0.6) is 0 Å². The normalized spacial score (nSPS) is 17.3. The molecule has 0 bridgehead atoms. The number of nitrogens with zero attached hydrogens (tertiary/aromatic N) is 2. The molecule has 0 spiro atoms. The molecule has 3 aromatic rings. The summed E-state index contributed by atoms with van der Waals surface area (Å²) in [5.74, 6) is 0.911. The molecule has 1 saturated heterocycles. The van der Waals surface area contributed by atoms with Gasteiger partial charge in [0.2, 0.25) is 11.8 Å². The van der Waals surface area contributed by atoms with E-state index in [9.17, 15) is 9.59 Å². The average molecular weight is 409 g/mol. The average Bonchev–Trinajstić information content (AvgIpc) is 3.24. The van der Waals surface area contributed by atoms with Gasteiger partial charge in [-0.3, -0.25) is 9.59 Å². The molecule has 0 saturated carbocycles. The molecule has 1 aliphatic rings. The first kappa shape index (κ1) is 20.2. The Morgan fingerprint density at radius 3 is 2.93 bits per heavy atom. The van der Waals surface area contributed by atoms with Crippen molar-refractivity contribution in [3.05, 3.63) is 53.0 Å². The summed E-state index contributed by atoms with van der Waals surface area (Å²) < 4.78 is 5.21. The summed E-state index contributed by atoms with van der Waals surface area (Å²) in [7, 11) is 0. The molecule has 1 fully saturated rings. The molecule has 2 aromatic heterocycles. The third kappa shape index (κ3) is 4.40. The summed E-state index contributed by atoms with van der Waals surface area (Å²) in [5.41, 5.74) is 4.05. The number of rotatable bonds is 6. The molecule has 2 amide bonds. The van der Waals surface area contributed by atoms with E-state index in [2.05, 4.69) is 21.5 Å². The van der Waals surface area contributed by atoms with Gasteiger partial charge in [-0.1, -0.05) is 23.4 Å². The first-order valence-electron chi connectivity index (χ1n) is 10.5. The van der Waals surface area contributed by atoms with Crippen molar-refractivity contribution in [3.8, 4) is 0 Å². The molecule has 158 valence electrons. The molecule has 3 heterocycles. The van der Waals surface area contributed by atoms with Gasteiger partial charge in [0.15, 0.2) is 0 Å². The standard InChI is InChI=1S/C23H28N4O3/c1-15-20(16(2)30-26-15)14-27-12-11-18(8-10-23(27)29)25-22(28)9-7-17-13-24-21-6-4-3-5-19(17)21/h3-6,13,18,24H,7-12,14H2,1-2H3,(H,25,28). The number of aromatic nitrogens is 2. The molecule has 4 rings (SSSR count). The Kier molecular flexibility index (Phi) is 5.88. The van der Waals surface area contributed by atoms with E-state index < -0.39 is 0 Å². The van der Waals surface area contributed by atoms with Crippen LogP contribution in [0.4, 0.5) is 0 Å². The predicted molar refractivity (Wildman–Crippen MR) is 114 cm³/mol. The largest absolute Gasteiger partial charge is 0.361 e. The second-order valence-corrected chi connectivity index (χ2v) is 8.07. The zero-order chi connectivity index (χ0) is 21.1. The van der Waals surface area contributed by atoms with E-state index in [0.717, 1.165) is 34.5 Å². The van der Waals surface area contributed by atoms with Gasteiger partial charge in [-0.25, -0.2) is 0 Å². The zero-order valence-corrected chi connectivity index (χ0v) is 17.5. The highest BCUT2D eigenvalue weighted by Crippen LogP contribution is 2.21. The minimum absolute atomic E-state index is 0.0269. The van der Waals surface area contributed by atoms with Crippen molar-refractivity contribution in [3.63, 3.8) is 0 Å². The maximum absolute atomic E-state index is 12.6. The molecule has 0 aliphatic carbocycles. The van der Waals surface area contributed by atoms with Crippen LogP contribution < -0.4 is 5.32 Å². The smallest absolute Gasteiger partial charge is 0.222 e. The molecule has 0 radical (unpaired) electrons. The maximum atomic E-state index is 12.6. The van der Waals surface area contributed by atoms with Crippen molar-refractivity contribution >= 4 is 22.7 Å². The van der Waals surface area contributed by atoms with Gasteiger partial charge in [0.25, 0.3) is 0 Å². The number of aryl methyl sites for hydroxylation is 3. The summed E-state index contributed by atoms with van der Waals surface area (Å²) in [6.07, 6.45) is 4.99. The maximum Gasteiger partial charge on any atom is 0.222 e. The van der Waals surface area contributed by atoms with Gasteiger partial charge in [-0.05, 0) is 44.7 Å². The van der Waals surface area contributed by atoms with Crippen LogP contribution in [0.1, 0.15) is 48.3 Å². The number of hydrogen-bond acceptors (Lipinski definition) is 4. The molecule has 1 aromatic carbocycles. The highest BCUT2D eigenvalue weighted by molar-refractivity contribution is 5.84. The van der Waals surface area contributed by atoms with E-state index >= 15 is 0 Å². The SMILES string of the molecule is Cc1noc(C)c1CN1CCC(NC(=O)CCc2c[nH]c3ccccc23)CCC1=O. The van der Waals surface area contributed by atoms with Crippen LogP contribution in [0.25, 0.3) is 10.9 Å². The summed E-state index contributed by atoms with van der Waals surface area (Å²) >= 11 is 0. The van der Waals surface area contributed by atoms with E-state index in [1.54, 1.807) is 0 Å². The molecular formula is C23H28N4O3. The van der Waals surface area contributed by atoms with Crippen molar-refractivity contribution < 1.29 is 14.1 Å². The van der Waals surface area contributed by atoms with E-state index in [1.807, 2.05) is 43.1 Å². The molecule has 1 aliphatic heterocycles. The van der Waals surface area contributed by atoms with Gasteiger partial charge in [0.05, 0.1) is 12.2 Å². The van der Waals surface area contributed by atoms with E-state index in [0.29, 0.717) is 38.8 Å². The van der Waals surface area contributed by atoms with Crippen LogP contribution in [0.3, 0.4) is 0 Å². The van der Waals surface area contributed by atoms with Crippen LogP contribution in [0.2, 0.25) is 0 Å². The molecule has 1 unspecified atom stereocenters. The van der Waals surface area contributed by atoms with Gasteiger partial charge >= 0.3 is 0 Å². The number of nitrogens with one attached hydrogen (secondary N) is 2. The Morgan fingerprint density at radius 1 is 1.30 bits per heavy atom. The van der Waals surface area contributed by atoms with Gasteiger partial charge in [-0.2, -0.15) is 0 Å². The minimum atomic E-state index is 0.0269. The molecular weight excluding hydrogens is 380 g/mol. The highest BCUT2D eigenvalue weighted by atomic mass is 16.5. The highest BCUT2D eigenvalue weighted by Gasteiger charge is 2.25. The first-order chi connectivity index (χ1) is 14.5. The Bertz CT molecular complexity index is 1030. The molecule has 30 heavy (non-hydrogen) atoms. The van der Waals surface area contributed by atoms with Crippen LogP contribution in [0, 0.1) is 13.8 Å². The fourth-order valence-corrected chi connectivity index (χ4v) is 4.15. The fraction of sp³-hybridized carbons (Fsp3) is 0.435. The van der Waals surface area contributed by atoms with Crippen LogP contribution >= 0.6 is 0 Å². The second kappa shape index (κ2) is 8.73. The minimum Gasteiger partial charge on any atom is -0.361 e. The summed E-state index contributed by atoms with van der Waals surface area (Å²) in [4.78, 5) is 30.2. The van der Waals surface area contributed by atoms with Crippen molar-refractivity contribution in [1.82, 2.24) is 20.4 Å². The van der Waals surface area contributed by atoms with Gasteiger partial charge < -0.3 is 19.7 Å². The lowest BCUT2D eigenvalue weighted by molar-refractivity contribution is -0.131. The number of hydrogen-bond donors (Lipinski definition) is 2. The monoisotopic (exact) mass is 408 g/mol. The van der Waals surface area contributed by atoms with E-state index in [-0.39, 0.29) is 17.9 Å². The Morgan fingerprint density at radius 2 is 2.13 bits per heavy atom. The number of carbonyl (C=O) groups is 2. The summed E-state index contributed by atoms with van der Waals surface area (Å²) in [5, 5.41) is 8.27. The summed E-state index contributed by atoms with van der Waals surface area (Å²) in [6, 6.07) is 8.15. The molecule has 7 nitrogen and oxygen atoms in total. The lowest BCUT2D eigenvalue weighted by atomic mass is 10.1. The Labute approximate surface area is 175 Å². The lowest BCUT2D eigenvalue weighted by Gasteiger charge is -2.21. The van der Waals surface area contributed by atoms with Gasteiger partial charge in [0, 0.05) is 48.1 Å². The first-order valence-corrected chi connectivity index (χ1v) is 10.5. The second-order valence-electron chi connectivity index (χ2n) is 8.07. The number of H-pyrrole nitrogens is 1. The van der Waals surface area contributed by atoms with Crippen molar-refractivity contribution in [2.24, 2.45) is 0 Å². The topological polar surface area (TPSA) is 91.2 Å². The number of likely N-dealkylation sites (tertiary alicyclic amines) is 1. The quantitative estimate of drug-likeness (QED) is 0.654. The van der Waals surface area contributed by atoms with E-state index in [4.69, 9.17) is 4.52 Å². The number of fused-ring (bicyclic) bond motifs is 1. The summed E-state index contributed by atoms with van der Waals surface area (Å²) in [6.45, 7) is 4.90. The van der Waals surface area contributed by atoms with Crippen molar-refractivity contribution in [2.75, 3.05) is 6.54 Å². The molecule has 2 N–H and O–H groups in total. The lowest BCUT2D eigenvalue weighted by Crippen LogP contribution is -2.36. The number of aromatic amines is 1. The zero-order valence-electron chi connectivity index (χ0n) is 17.5. The van der Waals surface area contributed by atoms with Gasteiger partial charge in [-0.15, -0.1) is 0 Å². The number of para-hydroxylation sites is 1. The van der Waals surface area contributed by atoms with Crippen LogP contribution in [-0.2, 0) is 22.6 Å². The number of benzene rings is 1. The van der Waals surface area contributed by atoms with Crippen LogP contribution in [0.15, 0.2) is 35.0 Å².